The van der Waals surface area contributed by atoms with E-state index in [0.29, 0.717) is 6.42 Å². The third-order valence-electron chi connectivity index (χ3n) is 3.49. The summed E-state index contributed by atoms with van der Waals surface area (Å²) in [5.41, 5.74) is 7.12. The molecule has 1 aliphatic heterocycles. The van der Waals surface area contributed by atoms with Crippen LogP contribution in [-0.4, -0.2) is 29.9 Å². The first-order chi connectivity index (χ1) is 9.65. The highest BCUT2D eigenvalue weighted by molar-refractivity contribution is 5.89. The number of carbonyl (C=O) groups excluding carboxylic acids is 1. The summed E-state index contributed by atoms with van der Waals surface area (Å²) in [6.07, 6.45) is 5.04. The first kappa shape index (κ1) is 14.4. The fraction of sp³-hybridized carbons (Fsp3) is 0.467. The van der Waals surface area contributed by atoms with Gasteiger partial charge in [0.1, 0.15) is 0 Å². The molecule has 1 aromatic rings. The number of hydrogen-bond acceptors (Lipinski definition) is 2. The molecule has 20 heavy (non-hydrogen) atoms. The van der Waals surface area contributed by atoms with Gasteiger partial charge in [0, 0.05) is 25.2 Å². The molecule has 2 amide bonds. The Morgan fingerprint density at radius 3 is 2.30 bits per heavy atom. The van der Waals surface area contributed by atoms with Gasteiger partial charge in [-0.15, -0.1) is 0 Å². The van der Waals surface area contributed by atoms with Crippen LogP contribution in [-0.2, 0) is 6.42 Å². The highest BCUT2D eigenvalue weighted by Crippen LogP contribution is 2.14. The van der Waals surface area contributed by atoms with Gasteiger partial charge in [-0.05, 0) is 30.5 Å². The number of nitrogens with zero attached hydrogens (tertiary/aromatic N) is 1. The zero-order chi connectivity index (χ0) is 14.4. The Balaban J connectivity index is 1.91. The highest BCUT2D eigenvalue weighted by atomic mass is 16.2. The average Bonchev–Trinajstić information content (AvgIpc) is 2.69. The van der Waals surface area contributed by atoms with Crippen molar-refractivity contribution in [2.24, 2.45) is 5.73 Å². The van der Waals surface area contributed by atoms with E-state index in [-0.39, 0.29) is 11.9 Å². The van der Waals surface area contributed by atoms with Crippen molar-refractivity contribution < 1.29 is 4.79 Å². The number of amides is 2. The number of amidine groups is 1. The molecule has 1 fully saturated rings. The number of benzene rings is 1. The van der Waals surface area contributed by atoms with Gasteiger partial charge in [0.15, 0.2) is 0 Å². The van der Waals surface area contributed by atoms with Crippen molar-refractivity contribution >= 4 is 17.6 Å². The molecule has 0 unspecified atom stereocenters. The number of nitrogens with one attached hydrogen (secondary N) is 2. The number of urea groups is 1. The maximum atomic E-state index is 12.1. The second-order valence-electron chi connectivity index (χ2n) is 5.23. The summed E-state index contributed by atoms with van der Waals surface area (Å²) in [5.74, 6) is 0.145. The van der Waals surface area contributed by atoms with E-state index in [9.17, 15) is 4.79 Å². The molecule has 4 N–H and O–H groups in total. The summed E-state index contributed by atoms with van der Waals surface area (Å²) in [6, 6.07) is 7.46. The summed E-state index contributed by atoms with van der Waals surface area (Å²) in [6.45, 7) is 1.68. The van der Waals surface area contributed by atoms with Gasteiger partial charge in [-0.2, -0.15) is 0 Å². The van der Waals surface area contributed by atoms with Crippen molar-refractivity contribution in [3.63, 3.8) is 0 Å². The van der Waals surface area contributed by atoms with Crippen molar-refractivity contribution in [3.05, 3.63) is 29.8 Å². The third-order valence-corrected chi connectivity index (χ3v) is 3.49. The normalized spacial score (nSPS) is 15.5. The third kappa shape index (κ3) is 4.26. The van der Waals surface area contributed by atoms with Crippen LogP contribution in [0.2, 0.25) is 0 Å². The maximum Gasteiger partial charge on any atom is 0.321 e. The molecule has 108 valence electrons. The fourth-order valence-corrected chi connectivity index (χ4v) is 2.40. The van der Waals surface area contributed by atoms with E-state index < -0.39 is 0 Å². The van der Waals surface area contributed by atoms with Gasteiger partial charge in [0.2, 0.25) is 0 Å². The van der Waals surface area contributed by atoms with E-state index >= 15 is 0 Å². The minimum atomic E-state index is -0.0220. The molecule has 5 nitrogen and oxygen atoms in total. The Labute approximate surface area is 119 Å². The van der Waals surface area contributed by atoms with E-state index in [1.54, 1.807) is 0 Å². The Morgan fingerprint density at radius 1 is 1.15 bits per heavy atom. The summed E-state index contributed by atoms with van der Waals surface area (Å²) in [7, 11) is 0. The van der Waals surface area contributed by atoms with Crippen LogP contribution in [0.25, 0.3) is 0 Å². The number of carbonyl (C=O) groups is 1. The Morgan fingerprint density at radius 2 is 1.75 bits per heavy atom. The second-order valence-corrected chi connectivity index (χ2v) is 5.23. The van der Waals surface area contributed by atoms with Gasteiger partial charge in [0.25, 0.3) is 0 Å². The molecule has 0 saturated carbocycles. The Hall–Kier alpha value is -2.04. The van der Waals surface area contributed by atoms with Gasteiger partial charge in [0.05, 0.1) is 5.84 Å². The van der Waals surface area contributed by atoms with Gasteiger partial charge in [-0.1, -0.05) is 25.0 Å². The van der Waals surface area contributed by atoms with Crippen LogP contribution < -0.4 is 11.1 Å². The van der Waals surface area contributed by atoms with Gasteiger partial charge >= 0.3 is 6.03 Å². The van der Waals surface area contributed by atoms with Crippen LogP contribution in [0, 0.1) is 5.41 Å². The van der Waals surface area contributed by atoms with Crippen LogP contribution in [0.4, 0.5) is 10.5 Å². The van der Waals surface area contributed by atoms with Crippen LogP contribution >= 0.6 is 0 Å². The minimum absolute atomic E-state index is 0.0220. The molecule has 0 spiro atoms. The van der Waals surface area contributed by atoms with Crippen molar-refractivity contribution in [1.29, 1.82) is 5.41 Å². The largest absolute Gasteiger partial charge is 0.387 e. The molecule has 1 aliphatic rings. The number of rotatable bonds is 3. The molecular formula is C15H22N4O. The molecular weight excluding hydrogens is 252 g/mol. The monoisotopic (exact) mass is 274 g/mol. The standard InChI is InChI=1S/C15H22N4O/c16-14(17)11-12-5-7-13(8-6-12)18-15(20)19-9-3-1-2-4-10-19/h5-8H,1-4,9-11H2,(H3,16,17)(H,18,20). The van der Waals surface area contributed by atoms with Crippen LogP contribution in [0.3, 0.4) is 0 Å². The Bertz CT molecular complexity index is 461. The van der Waals surface area contributed by atoms with Crippen molar-refractivity contribution in [2.45, 2.75) is 32.1 Å². The minimum Gasteiger partial charge on any atom is -0.387 e. The lowest BCUT2D eigenvalue weighted by Crippen LogP contribution is -2.35. The summed E-state index contributed by atoms with van der Waals surface area (Å²) in [4.78, 5) is 14.0. The molecule has 1 saturated heterocycles. The molecule has 1 heterocycles. The molecule has 0 aliphatic carbocycles. The summed E-state index contributed by atoms with van der Waals surface area (Å²) in [5, 5.41) is 10.2. The first-order valence-electron chi connectivity index (χ1n) is 7.13. The highest BCUT2D eigenvalue weighted by Gasteiger charge is 2.15. The molecule has 2 rings (SSSR count). The van der Waals surface area contributed by atoms with Crippen LogP contribution in [0.15, 0.2) is 24.3 Å². The molecule has 5 heteroatoms. The van der Waals surface area contributed by atoms with Crippen molar-refractivity contribution in [2.75, 3.05) is 18.4 Å². The van der Waals surface area contributed by atoms with Crippen molar-refractivity contribution in [1.82, 2.24) is 4.90 Å². The molecule has 1 aromatic carbocycles. The maximum absolute atomic E-state index is 12.1. The lowest BCUT2D eigenvalue weighted by atomic mass is 10.1. The number of anilines is 1. The average molecular weight is 274 g/mol. The van der Waals surface area contributed by atoms with Gasteiger partial charge < -0.3 is 16.0 Å². The van der Waals surface area contributed by atoms with Crippen LogP contribution in [0.1, 0.15) is 31.2 Å². The molecule has 0 radical (unpaired) electrons. The topological polar surface area (TPSA) is 82.2 Å². The van der Waals surface area contributed by atoms with E-state index in [1.165, 1.54) is 12.8 Å². The quantitative estimate of drug-likeness (QED) is 0.585. The van der Waals surface area contributed by atoms with Gasteiger partial charge in [-0.3, -0.25) is 5.41 Å². The second kappa shape index (κ2) is 6.93. The number of nitrogens with two attached hydrogens (primary N) is 1. The lowest BCUT2D eigenvalue weighted by molar-refractivity contribution is 0.214. The molecule has 0 atom stereocenters. The smallest absolute Gasteiger partial charge is 0.321 e. The zero-order valence-electron chi connectivity index (χ0n) is 11.7. The Kier molecular flexibility index (Phi) is 4.98. The number of hydrogen-bond donors (Lipinski definition) is 3. The van der Waals surface area contributed by atoms with Crippen molar-refractivity contribution in [3.8, 4) is 0 Å². The van der Waals surface area contributed by atoms with Crippen LogP contribution in [0.5, 0.6) is 0 Å². The van der Waals surface area contributed by atoms with Gasteiger partial charge in [-0.25, -0.2) is 4.79 Å². The van der Waals surface area contributed by atoms with E-state index in [4.69, 9.17) is 11.1 Å². The lowest BCUT2D eigenvalue weighted by Gasteiger charge is -2.20. The summed E-state index contributed by atoms with van der Waals surface area (Å²) < 4.78 is 0. The summed E-state index contributed by atoms with van der Waals surface area (Å²) >= 11 is 0. The first-order valence-corrected chi connectivity index (χ1v) is 7.13. The number of likely N-dealkylation sites (tertiary alicyclic amines) is 1. The zero-order valence-corrected chi connectivity index (χ0v) is 11.7. The molecule has 0 bridgehead atoms. The molecule has 0 aromatic heterocycles. The predicted octanol–water partition coefficient (Wildman–Crippen LogP) is 2.57. The predicted molar refractivity (Wildman–Crippen MR) is 81.1 cm³/mol. The van der Waals surface area contributed by atoms with E-state index in [1.807, 2.05) is 29.2 Å². The fourth-order valence-electron chi connectivity index (χ4n) is 2.40. The van der Waals surface area contributed by atoms with E-state index in [2.05, 4.69) is 5.32 Å². The SMILES string of the molecule is N=C(N)Cc1ccc(NC(=O)N2CCCCCC2)cc1. The van der Waals surface area contributed by atoms with E-state index in [0.717, 1.165) is 37.2 Å².